The van der Waals surface area contributed by atoms with Crippen LogP contribution >= 0.6 is 15.9 Å². The molecule has 0 spiro atoms. The highest BCUT2D eigenvalue weighted by Gasteiger charge is 2.29. The molecule has 8 heteroatoms. The summed E-state index contributed by atoms with van der Waals surface area (Å²) in [5, 5.41) is 3.08. The van der Waals surface area contributed by atoms with Gasteiger partial charge in [-0.3, -0.25) is 9.59 Å². The van der Waals surface area contributed by atoms with Crippen LogP contribution in [-0.2, 0) is 4.79 Å². The van der Waals surface area contributed by atoms with Crippen LogP contribution in [0.2, 0.25) is 0 Å². The Hall–Kier alpha value is -1.41. The van der Waals surface area contributed by atoms with Crippen molar-refractivity contribution in [2.75, 3.05) is 24.5 Å². The Bertz CT molecular complexity index is 489. The lowest BCUT2D eigenvalue weighted by Gasteiger charge is -2.35. The minimum atomic E-state index is -0.491. The Kier molecular flexibility index (Phi) is 3.43. The number of carbonyl (C=O) groups excluding carboxylic acids is 1. The molecule has 1 fully saturated rings. The highest BCUT2D eigenvalue weighted by molar-refractivity contribution is 9.10. The molecular weight excluding hydrogens is 290 g/mol. The summed E-state index contributed by atoms with van der Waals surface area (Å²) >= 11 is 3.17. The van der Waals surface area contributed by atoms with E-state index in [1.165, 1.54) is 6.33 Å². The molecule has 1 atom stereocenters. The Morgan fingerprint density at radius 1 is 1.65 bits per heavy atom. The lowest BCUT2D eigenvalue weighted by Crippen LogP contribution is -2.57. The zero-order valence-electron chi connectivity index (χ0n) is 8.94. The van der Waals surface area contributed by atoms with Gasteiger partial charge in [-0.2, -0.15) is 0 Å². The Labute approximate surface area is 106 Å². The van der Waals surface area contributed by atoms with Crippen LogP contribution in [0.4, 0.5) is 5.82 Å². The Morgan fingerprint density at radius 3 is 3.12 bits per heavy atom. The number of hydrogen-bond donors (Lipinski definition) is 3. The molecule has 2 heterocycles. The molecule has 0 aliphatic carbocycles. The van der Waals surface area contributed by atoms with Crippen molar-refractivity contribution in [3.8, 4) is 0 Å². The quantitative estimate of drug-likeness (QED) is 0.636. The predicted octanol–water partition coefficient (Wildman–Crippen LogP) is -1.20. The van der Waals surface area contributed by atoms with Gasteiger partial charge in [-0.15, -0.1) is 0 Å². The summed E-state index contributed by atoms with van der Waals surface area (Å²) in [4.78, 5) is 31.1. The molecule has 0 bridgehead atoms. The molecule has 1 saturated heterocycles. The number of anilines is 1. The number of nitrogens with one attached hydrogen (secondary N) is 2. The molecule has 2 rings (SSSR count). The zero-order chi connectivity index (χ0) is 12.4. The summed E-state index contributed by atoms with van der Waals surface area (Å²) in [5.74, 6) is 0.00484. The van der Waals surface area contributed by atoms with E-state index in [9.17, 15) is 9.59 Å². The van der Waals surface area contributed by atoms with E-state index in [2.05, 4.69) is 31.2 Å². The molecule has 1 aliphatic rings. The van der Waals surface area contributed by atoms with E-state index >= 15 is 0 Å². The van der Waals surface area contributed by atoms with E-state index < -0.39 is 11.9 Å². The van der Waals surface area contributed by atoms with Crippen LogP contribution in [0.25, 0.3) is 0 Å². The van der Waals surface area contributed by atoms with E-state index in [-0.39, 0.29) is 5.56 Å². The lowest BCUT2D eigenvalue weighted by atomic mass is 10.2. The fourth-order valence-electron chi connectivity index (χ4n) is 1.79. The zero-order valence-corrected chi connectivity index (χ0v) is 10.5. The van der Waals surface area contributed by atoms with E-state index in [1.807, 2.05) is 0 Å². The molecule has 1 amide bonds. The van der Waals surface area contributed by atoms with Crippen molar-refractivity contribution in [2.24, 2.45) is 5.73 Å². The number of carbonyl (C=O) groups is 1. The maximum absolute atomic E-state index is 11.5. The van der Waals surface area contributed by atoms with Gasteiger partial charge in [0.15, 0.2) is 5.82 Å². The third kappa shape index (κ3) is 2.32. The number of aromatic amines is 1. The molecule has 1 aromatic heterocycles. The second-order valence-electron chi connectivity index (χ2n) is 3.68. The molecule has 0 radical (unpaired) electrons. The number of rotatable bonds is 2. The van der Waals surface area contributed by atoms with Crippen molar-refractivity contribution in [3.05, 3.63) is 21.2 Å². The number of hydrogen-bond acceptors (Lipinski definition) is 5. The van der Waals surface area contributed by atoms with Gasteiger partial charge in [0, 0.05) is 19.6 Å². The normalized spacial score (nSPS) is 20.3. The van der Waals surface area contributed by atoms with Crippen LogP contribution in [0.5, 0.6) is 0 Å². The van der Waals surface area contributed by atoms with Crippen LogP contribution in [-0.4, -0.2) is 41.6 Å². The van der Waals surface area contributed by atoms with Crippen LogP contribution in [0.1, 0.15) is 0 Å². The first kappa shape index (κ1) is 12.1. The highest BCUT2D eigenvalue weighted by Crippen LogP contribution is 2.21. The van der Waals surface area contributed by atoms with Gasteiger partial charge in [0.05, 0.1) is 6.33 Å². The fourth-order valence-corrected chi connectivity index (χ4v) is 2.23. The van der Waals surface area contributed by atoms with Crippen molar-refractivity contribution < 1.29 is 4.79 Å². The van der Waals surface area contributed by atoms with Crippen molar-refractivity contribution in [1.29, 1.82) is 0 Å². The van der Waals surface area contributed by atoms with Gasteiger partial charge in [0.1, 0.15) is 10.5 Å². The van der Waals surface area contributed by atoms with E-state index in [4.69, 9.17) is 5.73 Å². The molecule has 92 valence electrons. The van der Waals surface area contributed by atoms with Crippen LogP contribution in [0.15, 0.2) is 15.6 Å². The number of piperazine rings is 1. The first-order valence-electron chi connectivity index (χ1n) is 5.11. The van der Waals surface area contributed by atoms with Gasteiger partial charge in [-0.05, 0) is 15.9 Å². The maximum atomic E-state index is 11.5. The molecule has 1 unspecified atom stereocenters. The monoisotopic (exact) mass is 301 g/mol. The molecule has 0 saturated carbocycles. The third-order valence-electron chi connectivity index (χ3n) is 2.62. The summed E-state index contributed by atoms with van der Waals surface area (Å²) < 4.78 is 0.313. The van der Waals surface area contributed by atoms with Crippen molar-refractivity contribution in [2.45, 2.75) is 6.04 Å². The highest BCUT2D eigenvalue weighted by atomic mass is 79.9. The number of primary amides is 1. The van der Waals surface area contributed by atoms with Gasteiger partial charge < -0.3 is 20.9 Å². The molecule has 1 aromatic rings. The first-order valence-corrected chi connectivity index (χ1v) is 5.90. The summed E-state index contributed by atoms with van der Waals surface area (Å²) in [5.41, 5.74) is 5.05. The number of H-pyrrole nitrogens is 1. The van der Waals surface area contributed by atoms with Gasteiger partial charge in [-0.1, -0.05) is 0 Å². The second kappa shape index (κ2) is 4.84. The second-order valence-corrected chi connectivity index (χ2v) is 4.48. The first-order chi connectivity index (χ1) is 8.11. The van der Waals surface area contributed by atoms with E-state index in [0.717, 1.165) is 0 Å². The number of amides is 1. The van der Waals surface area contributed by atoms with E-state index in [0.29, 0.717) is 29.9 Å². The number of aromatic nitrogens is 2. The molecule has 0 aromatic carbocycles. The van der Waals surface area contributed by atoms with Crippen LogP contribution in [0.3, 0.4) is 0 Å². The molecular formula is C9H12BrN5O2. The lowest BCUT2D eigenvalue weighted by molar-refractivity contribution is -0.119. The summed E-state index contributed by atoms with van der Waals surface area (Å²) in [7, 11) is 0. The topological polar surface area (TPSA) is 104 Å². The smallest absolute Gasteiger partial charge is 0.267 e. The largest absolute Gasteiger partial charge is 0.368 e. The predicted molar refractivity (Wildman–Crippen MR) is 65.8 cm³/mol. The average molecular weight is 302 g/mol. The molecule has 17 heavy (non-hydrogen) atoms. The van der Waals surface area contributed by atoms with Gasteiger partial charge in [0.25, 0.3) is 5.56 Å². The van der Waals surface area contributed by atoms with Gasteiger partial charge in [0.2, 0.25) is 5.91 Å². The standard InChI is InChI=1S/C9H12BrN5O2/c10-6-8(13-4-14-9(6)17)15-2-1-12-3-5(15)7(11)16/h4-5,12H,1-3H2,(H2,11,16)(H,13,14,17). The maximum Gasteiger partial charge on any atom is 0.267 e. The van der Waals surface area contributed by atoms with Crippen LogP contribution < -0.4 is 21.5 Å². The van der Waals surface area contributed by atoms with Gasteiger partial charge in [-0.25, -0.2) is 4.98 Å². The molecule has 4 N–H and O–H groups in total. The van der Waals surface area contributed by atoms with E-state index in [1.54, 1.807) is 4.90 Å². The summed E-state index contributed by atoms with van der Waals surface area (Å²) in [6.07, 6.45) is 1.31. The minimum Gasteiger partial charge on any atom is -0.368 e. The number of halogens is 1. The minimum absolute atomic E-state index is 0.281. The Balaban J connectivity index is 2.39. The summed E-state index contributed by atoms with van der Waals surface area (Å²) in [6, 6.07) is -0.491. The van der Waals surface area contributed by atoms with Crippen LogP contribution in [0, 0.1) is 0 Å². The van der Waals surface area contributed by atoms with Crippen molar-refractivity contribution in [1.82, 2.24) is 15.3 Å². The van der Waals surface area contributed by atoms with Crippen molar-refractivity contribution >= 4 is 27.7 Å². The Morgan fingerprint density at radius 2 is 2.41 bits per heavy atom. The average Bonchev–Trinajstić information content (AvgIpc) is 2.33. The molecule has 1 aliphatic heterocycles. The summed E-state index contributed by atoms with van der Waals surface area (Å²) in [6.45, 7) is 1.74. The SMILES string of the molecule is NC(=O)C1CNCCN1c1nc[nH]c(=O)c1Br. The number of nitrogens with two attached hydrogens (primary N) is 1. The fraction of sp³-hybridized carbons (Fsp3) is 0.444. The number of nitrogens with zero attached hydrogens (tertiary/aromatic N) is 2. The van der Waals surface area contributed by atoms with Crippen molar-refractivity contribution in [3.63, 3.8) is 0 Å². The van der Waals surface area contributed by atoms with Gasteiger partial charge >= 0.3 is 0 Å². The molecule has 7 nitrogen and oxygen atoms in total. The third-order valence-corrected chi connectivity index (χ3v) is 3.34.